The van der Waals surface area contributed by atoms with Crippen molar-refractivity contribution in [3.63, 3.8) is 0 Å². The molecule has 1 heterocycles. The molecule has 0 spiro atoms. The van der Waals surface area contributed by atoms with E-state index >= 15 is 0 Å². The van der Waals surface area contributed by atoms with E-state index in [2.05, 4.69) is 10.6 Å². The zero-order valence-corrected chi connectivity index (χ0v) is 14.5. The lowest BCUT2D eigenvalue weighted by molar-refractivity contribution is -0.149. The molecule has 0 unspecified atom stereocenters. The van der Waals surface area contributed by atoms with Crippen molar-refractivity contribution in [1.29, 1.82) is 0 Å². The average molecular weight is 358 g/mol. The van der Waals surface area contributed by atoms with Crippen LogP contribution in [0.15, 0.2) is 12.2 Å². The fourth-order valence-electron chi connectivity index (χ4n) is 1.75. The number of rotatable bonds is 0. The highest BCUT2D eigenvalue weighted by Crippen LogP contribution is 2.21. The van der Waals surface area contributed by atoms with Crippen LogP contribution in [0.4, 0.5) is 0 Å². The summed E-state index contributed by atoms with van der Waals surface area (Å²) in [5, 5.41) is 14.8. The van der Waals surface area contributed by atoms with Gasteiger partial charge in [-0.05, 0) is 6.08 Å². The van der Waals surface area contributed by atoms with Crippen molar-refractivity contribution in [2.45, 2.75) is 26.4 Å². The third-order valence-corrected chi connectivity index (χ3v) is 4.08. The molecule has 1 aliphatic heterocycles. The number of ether oxygens (including phenoxy) is 1. The van der Waals surface area contributed by atoms with Gasteiger partial charge in [0.15, 0.2) is 0 Å². The standard InChI is InChI=1S/C15H22N2O6S/c1-15(2)9-23-11(19)3-4-12(20)24-8-7-16-10(18)5-6-17-14(22)13(15)21/h3-4,13,21H,5-9H2,1-2H3,(H,16,18)(H,17,22)/b4-3+/t13-/m0/s1. The smallest absolute Gasteiger partial charge is 0.330 e. The molecule has 134 valence electrons. The minimum atomic E-state index is -1.41. The highest BCUT2D eigenvalue weighted by Gasteiger charge is 2.34. The first kappa shape index (κ1) is 20.2. The van der Waals surface area contributed by atoms with E-state index in [4.69, 9.17) is 4.74 Å². The van der Waals surface area contributed by atoms with Crippen molar-refractivity contribution in [3.05, 3.63) is 12.2 Å². The Kier molecular flexibility index (Phi) is 7.93. The third-order valence-electron chi connectivity index (χ3n) is 3.25. The number of aliphatic hydroxyl groups excluding tert-OH is 1. The summed E-state index contributed by atoms with van der Waals surface area (Å²) in [5.41, 5.74) is -1.03. The first-order valence-corrected chi connectivity index (χ1v) is 8.45. The van der Waals surface area contributed by atoms with Gasteiger partial charge in [-0.2, -0.15) is 0 Å². The van der Waals surface area contributed by atoms with Crippen LogP contribution in [0.5, 0.6) is 0 Å². The van der Waals surface area contributed by atoms with Gasteiger partial charge in [0.25, 0.3) is 0 Å². The normalized spacial score (nSPS) is 25.9. The van der Waals surface area contributed by atoms with Crippen LogP contribution in [0.3, 0.4) is 0 Å². The maximum Gasteiger partial charge on any atom is 0.330 e. The molecule has 0 aliphatic carbocycles. The minimum absolute atomic E-state index is 0.0619. The number of hydrogen-bond donors (Lipinski definition) is 3. The van der Waals surface area contributed by atoms with Gasteiger partial charge in [0.05, 0.1) is 6.61 Å². The molecule has 0 radical (unpaired) electrons. The van der Waals surface area contributed by atoms with Crippen molar-refractivity contribution in [2.24, 2.45) is 5.41 Å². The Morgan fingerprint density at radius 1 is 1.17 bits per heavy atom. The molecule has 0 aromatic heterocycles. The van der Waals surface area contributed by atoms with Crippen LogP contribution in [-0.4, -0.2) is 59.6 Å². The predicted octanol–water partition coefficient (Wildman–Crippen LogP) is -0.631. The average Bonchev–Trinajstić information content (AvgIpc) is 2.53. The van der Waals surface area contributed by atoms with Crippen molar-refractivity contribution >= 4 is 34.7 Å². The van der Waals surface area contributed by atoms with E-state index in [1.807, 2.05) is 0 Å². The van der Waals surface area contributed by atoms with Crippen molar-refractivity contribution in [2.75, 3.05) is 25.4 Å². The highest BCUT2D eigenvalue weighted by molar-refractivity contribution is 8.14. The number of carbonyl (C=O) groups is 4. The third kappa shape index (κ3) is 7.14. The van der Waals surface area contributed by atoms with Gasteiger partial charge in [-0.3, -0.25) is 14.4 Å². The van der Waals surface area contributed by atoms with E-state index in [1.165, 1.54) is 0 Å². The molecule has 1 atom stereocenters. The zero-order chi connectivity index (χ0) is 18.2. The van der Waals surface area contributed by atoms with Crippen LogP contribution in [0.25, 0.3) is 0 Å². The molecule has 8 nitrogen and oxygen atoms in total. The SMILES string of the molecule is CC1(C)COC(=O)/C=C/C(=O)SCCNC(=O)CCNC(=O)[C@@H]1O. The second-order valence-corrected chi connectivity index (χ2v) is 6.99. The first-order valence-electron chi connectivity index (χ1n) is 7.46. The van der Waals surface area contributed by atoms with E-state index in [9.17, 15) is 24.3 Å². The number of esters is 1. The van der Waals surface area contributed by atoms with Crippen molar-refractivity contribution in [3.8, 4) is 0 Å². The fourth-order valence-corrected chi connectivity index (χ4v) is 2.32. The van der Waals surface area contributed by atoms with Crippen LogP contribution < -0.4 is 10.6 Å². The number of carbonyl (C=O) groups excluding carboxylic acids is 4. The Morgan fingerprint density at radius 2 is 1.88 bits per heavy atom. The van der Waals surface area contributed by atoms with E-state index in [1.54, 1.807) is 13.8 Å². The van der Waals surface area contributed by atoms with E-state index in [-0.39, 0.29) is 37.1 Å². The number of cyclic esters (lactones) is 1. The van der Waals surface area contributed by atoms with Gasteiger partial charge in [-0.1, -0.05) is 25.6 Å². The number of hydrogen-bond acceptors (Lipinski definition) is 7. The van der Waals surface area contributed by atoms with Crippen molar-refractivity contribution < 1.29 is 29.0 Å². The number of thioether (sulfide) groups is 1. The van der Waals surface area contributed by atoms with Gasteiger partial charge < -0.3 is 20.5 Å². The molecule has 0 aromatic rings. The Balaban J connectivity index is 2.77. The zero-order valence-electron chi connectivity index (χ0n) is 13.7. The fraction of sp³-hybridized carbons (Fsp3) is 0.600. The van der Waals surface area contributed by atoms with Crippen LogP contribution in [-0.2, 0) is 23.9 Å². The predicted molar refractivity (Wildman–Crippen MR) is 88.0 cm³/mol. The maximum atomic E-state index is 11.9. The van der Waals surface area contributed by atoms with E-state index in [0.29, 0.717) is 5.75 Å². The molecular weight excluding hydrogens is 336 g/mol. The van der Waals surface area contributed by atoms with Crippen LogP contribution in [0.1, 0.15) is 20.3 Å². The molecule has 0 saturated heterocycles. The Labute approximate surface area is 144 Å². The lowest BCUT2D eigenvalue weighted by Crippen LogP contribution is -2.46. The molecule has 0 bridgehead atoms. The molecule has 1 rings (SSSR count). The quantitative estimate of drug-likeness (QED) is 0.493. The monoisotopic (exact) mass is 358 g/mol. The second-order valence-electron chi connectivity index (χ2n) is 5.89. The van der Waals surface area contributed by atoms with Gasteiger partial charge in [-0.25, -0.2) is 4.79 Å². The van der Waals surface area contributed by atoms with Gasteiger partial charge in [0, 0.05) is 36.8 Å². The Morgan fingerprint density at radius 3 is 2.58 bits per heavy atom. The Hall–Kier alpha value is -1.87. The summed E-state index contributed by atoms with van der Waals surface area (Å²) in [4.78, 5) is 46.6. The van der Waals surface area contributed by atoms with Crippen LogP contribution in [0.2, 0.25) is 0 Å². The lowest BCUT2D eigenvalue weighted by Gasteiger charge is -2.28. The lowest BCUT2D eigenvalue weighted by atomic mass is 9.87. The Bertz CT molecular complexity index is 532. The number of aliphatic hydroxyl groups is 1. The highest BCUT2D eigenvalue weighted by atomic mass is 32.2. The minimum Gasteiger partial charge on any atom is -0.462 e. The van der Waals surface area contributed by atoms with E-state index < -0.39 is 23.4 Å². The summed E-state index contributed by atoms with van der Waals surface area (Å²) in [6.45, 7) is 3.29. The maximum absolute atomic E-state index is 11.9. The molecule has 0 fully saturated rings. The largest absolute Gasteiger partial charge is 0.462 e. The van der Waals surface area contributed by atoms with Crippen molar-refractivity contribution in [1.82, 2.24) is 10.6 Å². The van der Waals surface area contributed by atoms with Gasteiger partial charge >= 0.3 is 5.97 Å². The molecule has 2 amide bonds. The van der Waals surface area contributed by atoms with Crippen LogP contribution >= 0.6 is 11.8 Å². The summed E-state index contributed by atoms with van der Waals surface area (Å²) >= 11 is 0.963. The molecular formula is C15H22N2O6S. The van der Waals surface area contributed by atoms with E-state index in [0.717, 1.165) is 23.9 Å². The molecule has 1 aliphatic rings. The van der Waals surface area contributed by atoms with Crippen LogP contribution in [0, 0.1) is 5.41 Å². The summed E-state index contributed by atoms with van der Waals surface area (Å²) in [5.74, 6) is -1.28. The van der Waals surface area contributed by atoms with Gasteiger partial charge in [-0.15, -0.1) is 0 Å². The number of amides is 2. The van der Waals surface area contributed by atoms with Gasteiger partial charge in [0.2, 0.25) is 16.9 Å². The summed E-state index contributed by atoms with van der Waals surface area (Å²) in [6, 6.07) is 0. The summed E-state index contributed by atoms with van der Waals surface area (Å²) in [7, 11) is 0. The van der Waals surface area contributed by atoms with Gasteiger partial charge in [0.1, 0.15) is 6.10 Å². The summed E-state index contributed by atoms with van der Waals surface area (Å²) in [6.07, 6.45) is 0.731. The topological polar surface area (TPSA) is 122 Å². The molecule has 3 N–H and O–H groups in total. The second kappa shape index (κ2) is 9.43. The molecule has 0 saturated carbocycles. The summed E-state index contributed by atoms with van der Waals surface area (Å²) < 4.78 is 4.97. The molecule has 0 aromatic carbocycles. The molecule has 24 heavy (non-hydrogen) atoms. The number of nitrogens with one attached hydrogen (secondary N) is 2. The molecule has 9 heteroatoms. The first-order chi connectivity index (χ1) is 11.2.